The van der Waals surface area contributed by atoms with Crippen molar-refractivity contribution in [2.24, 2.45) is 0 Å². The van der Waals surface area contributed by atoms with Crippen molar-refractivity contribution in [1.82, 2.24) is 30.0 Å². The SMILES string of the molecule is C=CC(=O)N1CCN(c2nc(N3CC(N(C)C)C3)nc3c(F)c(-c4c(C)ccc5[nH]nc(N)c45)c(Cl)cc23)CC1C. The third kappa shape index (κ3) is 4.43. The van der Waals surface area contributed by atoms with Crippen LogP contribution in [0.15, 0.2) is 30.9 Å². The summed E-state index contributed by atoms with van der Waals surface area (Å²) in [5.41, 5.74) is 8.73. The summed E-state index contributed by atoms with van der Waals surface area (Å²) in [5, 5.41) is 8.42. The first-order valence-electron chi connectivity index (χ1n) is 13.6. The number of nitrogens with one attached hydrogen (secondary N) is 1. The topological polar surface area (TPSA) is 111 Å². The van der Waals surface area contributed by atoms with Crippen molar-refractivity contribution in [2.75, 3.05) is 62.4 Å². The van der Waals surface area contributed by atoms with Crippen molar-refractivity contribution in [2.45, 2.75) is 25.9 Å². The highest BCUT2D eigenvalue weighted by Gasteiger charge is 2.34. The minimum absolute atomic E-state index is 0.0891. The molecule has 1 unspecified atom stereocenters. The molecule has 41 heavy (non-hydrogen) atoms. The predicted octanol–water partition coefficient (Wildman–Crippen LogP) is 3.83. The Hall–Kier alpha value is -3.96. The number of rotatable bonds is 5. The van der Waals surface area contributed by atoms with Gasteiger partial charge in [-0.2, -0.15) is 10.1 Å². The summed E-state index contributed by atoms with van der Waals surface area (Å²) >= 11 is 6.89. The molecule has 2 aliphatic rings. The molecule has 12 heteroatoms. The van der Waals surface area contributed by atoms with Gasteiger partial charge in [-0.05, 0) is 51.7 Å². The van der Waals surface area contributed by atoms with E-state index < -0.39 is 5.82 Å². The largest absolute Gasteiger partial charge is 0.382 e. The molecule has 0 aliphatic carbocycles. The number of aryl methyl sites for hydroxylation is 1. The number of carbonyl (C=O) groups is 1. The lowest BCUT2D eigenvalue weighted by molar-refractivity contribution is -0.128. The predicted molar refractivity (Wildman–Crippen MR) is 162 cm³/mol. The van der Waals surface area contributed by atoms with Gasteiger partial charge in [-0.25, -0.2) is 9.37 Å². The first-order chi connectivity index (χ1) is 19.6. The average Bonchev–Trinajstić information content (AvgIpc) is 3.28. The van der Waals surface area contributed by atoms with E-state index in [0.717, 1.165) is 18.7 Å². The van der Waals surface area contributed by atoms with Gasteiger partial charge in [0.25, 0.3) is 0 Å². The number of amides is 1. The van der Waals surface area contributed by atoms with E-state index in [1.54, 1.807) is 11.0 Å². The number of hydrogen-bond donors (Lipinski definition) is 2. The van der Waals surface area contributed by atoms with E-state index in [9.17, 15) is 4.79 Å². The maximum Gasteiger partial charge on any atom is 0.246 e. The smallest absolute Gasteiger partial charge is 0.246 e. The lowest BCUT2D eigenvalue weighted by atomic mass is 9.94. The number of aromatic nitrogens is 4. The molecule has 0 saturated carbocycles. The Kier molecular flexibility index (Phi) is 6.74. The maximum absolute atomic E-state index is 16.8. The fourth-order valence-corrected chi connectivity index (χ4v) is 6.17. The lowest BCUT2D eigenvalue weighted by Crippen LogP contribution is -2.58. The van der Waals surface area contributed by atoms with E-state index in [0.29, 0.717) is 59.3 Å². The fraction of sp³-hybridized carbons (Fsp3) is 0.379. The number of hydrogen-bond acceptors (Lipinski definition) is 8. The third-order valence-corrected chi connectivity index (χ3v) is 8.63. The van der Waals surface area contributed by atoms with E-state index in [2.05, 4.69) is 31.5 Å². The number of nitrogen functional groups attached to an aromatic ring is 1. The van der Waals surface area contributed by atoms with Gasteiger partial charge in [0.1, 0.15) is 11.3 Å². The number of aromatic amines is 1. The number of carbonyl (C=O) groups excluding carboxylic acids is 1. The van der Waals surface area contributed by atoms with Crippen molar-refractivity contribution in [3.63, 3.8) is 0 Å². The van der Waals surface area contributed by atoms with Crippen LogP contribution in [0.2, 0.25) is 5.02 Å². The number of fused-ring (bicyclic) bond motifs is 2. The average molecular weight is 578 g/mol. The van der Waals surface area contributed by atoms with Crippen LogP contribution in [0.4, 0.5) is 22.0 Å². The monoisotopic (exact) mass is 577 g/mol. The molecule has 0 bridgehead atoms. The molecule has 2 aromatic carbocycles. The van der Waals surface area contributed by atoms with Gasteiger partial charge in [0, 0.05) is 61.3 Å². The number of nitrogens with two attached hydrogens (primary N) is 1. The van der Waals surface area contributed by atoms with Crippen LogP contribution in [0.5, 0.6) is 0 Å². The number of anilines is 3. The zero-order chi connectivity index (χ0) is 29.2. The molecule has 4 aromatic rings. The van der Waals surface area contributed by atoms with E-state index in [1.807, 2.05) is 40.1 Å². The Labute approximate surface area is 242 Å². The minimum Gasteiger partial charge on any atom is -0.382 e. The van der Waals surface area contributed by atoms with Gasteiger partial charge in [-0.3, -0.25) is 9.89 Å². The van der Waals surface area contributed by atoms with Crippen LogP contribution >= 0.6 is 11.6 Å². The molecule has 2 saturated heterocycles. The fourth-order valence-electron chi connectivity index (χ4n) is 5.88. The van der Waals surface area contributed by atoms with Crippen molar-refractivity contribution in [3.8, 4) is 11.1 Å². The van der Waals surface area contributed by atoms with E-state index in [-0.39, 0.29) is 33.9 Å². The van der Waals surface area contributed by atoms with Gasteiger partial charge in [-0.15, -0.1) is 0 Å². The van der Waals surface area contributed by atoms with E-state index in [4.69, 9.17) is 27.3 Å². The van der Waals surface area contributed by atoms with Crippen LogP contribution in [0.25, 0.3) is 32.9 Å². The summed E-state index contributed by atoms with van der Waals surface area (Å²) in [6.45, 7) is 10.5. The van der Waals surface area contributed by atoms with Gasteiger partial charge in [0.15, 0.2) is 11.6 Å². The number of nitrogens with zero attached hydrogens (tertiary/aromatic N) is 7. The number of H-pyrrole nitrogens is 1. The molecule has 2 fully saturated rings. The maximum atomic E-state index is 16.8. The molecule has 6 rings (SSSR count). The Morgan fingerprint density at radius 1 is 1.20 bits per heavy atom. The van der Waals surface area contributed by atoms with Crippen LogP contribution < -0.4 is 15.5 Å². The minimum atomic E-state index is -0.535. The molecular formula is C29H33ClFN9O. The van der Waals surface area contributed by atoms with Crippen molar-refractivity contribution >= 4 is 56.9 Å². The summed E-state index contributed by atoms with van der Waals surface area (Å²) in [6.07, 6.45) is 1.33. The normalized spacial score (nSPS) is 18.0. The first kappa shape index (κ1) is 27.2. The van der Waals surface area contributed by atoms with Gasteiger partial charge in [0.05, 0.1) is 15.9 Å². The number of likely N-dealkylation sites (N-methyl/N-ethyl adjacent to an activating group) is 1. The first-order valence-corrected chi connectivity index (χ1v) is 14.0. The molecule has 10 nitrogen and oxygen atoms in total. The van der Waals surface area contributed by atoms with Crippen molar-refractivity contribution in [1.29, 1.82) is 0 Å². The second-order valence-corrected chi connectivity index (χ2v) is 11.5. The Morgan fingerprint density at radius 2 is 1.95 bits per heavy atom. The number of piperazine rings is 1. The molecule has 214 valence electrons. The van der Waals surface area contributed by atoms with Gasteiger partial charge in [0.2, 0.25) is 11.9 Å². The highest BCUT2D eigenvalue weighted by Crippen LogP contribution is 2.43. The number of benzene rings is 2. The quantitative estimate of drug-likeness (QED) is 0.344. The Balaban J connectivity index is 1.53. The molecule has 4 heterocycles. The molecule has 1 amide bonds. The number of halogens is 2. The summed E-state index contributed by atoms with van der Waals surface area (Å²) < 4.78 is 16.8. The zero-order valence-corrected chi connectivity index (χ0v) is 24.3. The zero-order valence-electron chi connectivity index (χ0n) is 23.6. The van der Waals surface area contributed by atoms with Gasteiger partial charge < -0.3 is 25.3 Å². The van der Waals surface area contributed by atoms with E-state index in [1.165, 1.54) is 6.08 Å². The van der Waals surface area contributed by atoms with Crippen LogP contribution in [0.1, 0.15) is 12.5 Å². The lowest BCUT2D eigenvalue weighted by Gasteiger charge is -2.43. The van der Waals surface area contributed by atoms with Gasteiger partial charge >= 0.3 is 0 Å². The molecule has 0 radical (unpaired) electrons. The Morgan fingerprint density at radius 3 is 2.63 bits per heavy atom. The standard InChI is InChI=1S/C29H33ClFN9O/c1-6-21(41)40-10-9-38(12-16(40)3)28-18-11-19(30)23(22-15(2)7-8-20-24(22)27(32)36-35-20)25(31)26(18)33-29(34-28)39-13-17(14-39)37(4)5/h6-8,11,16-17H,1,9-10,12-14H2,2-5H3,(H3,32,35,36). The van der Waals surface area contributed by atoms with Crippen molar-refractivity contribution in [3.05, 3.63) is 47.3 Å². The van der Waals surface area contributed by atoms with Crippen LogP contribution in [0, 0.1) is 12.7 Å². The molecule has 3 N–H and O–H groups in total. The second-order valence-electron chi connectivity index (χ2n) is 11.1. The summed E-state index contributed by atoms with van der Waals surface area (Å²) in [7, 11) is 4.08. The molecule has 2 aliphatic heterocycles. The summed E-state index contributed by atoms with van der Waals surface area (Å²) in [4.78, 5) is 30.2. The summed E-state index contributed by atoms with van der Waals surface area (Å²) in [5.74, 6) is 0.692. The molecule has 1 atom stereocenters. The highest BCUT2D eigenvalue weighted by molar-refractivity contribution is 6.35. The Bertz CT molecular complexity index is 1700. The van der Waals surface area contributed by atoms with Crippen LogP contribution in [-0.4, -0.2) is 94.8 Å². The van der Waals surface area contributed by atoms with Gasteiger partial charge in [-0.1, -0.05) is 24.2 Å². The van der Waals surface area contributed by atoms with Crippen LogP contribution in [-0.2, 0) is 4.79 Å². The van der Waals surface area contributed by atoms with Crippen LogP contribution in [0.3, 0.4) is 0 Å². The summed E-state index contributed by atoms with van der Waals surface area (Å²) in [6, 6.07) is 5.77. The molecule has 0 spiro atoms. The molecular weight excluding hydrogens is 545 g/mol. The second kappa shape index (κ2) is 10.1. The molecule has 2 aromatic heterocycles. The van der Waals surface area contributed by atoms with E-state index >= 15 is 4.39 Å². The third-order valence-electron chi connectivity index (χ3n) is 8.33. The highest BCUT2D eigenvalue weighted by atomic mass is 35.5. The van der Waals surface area contributed by atoms with Crippen molar-refractivity contribution < 1.29 is 9.18 Å².